The van der Waals surface area contributed by atoms with Crippen molar-refractivity contribution in [2.24, 2.45) is 0 Å². The van der Waals surface area contributed by atoms with Crippen molar-refractivity contribution in [3.63, 3.8) is 0 Å². The quantitative estimate of drug-likeness (QED) is 0.616. The second-order valence-electron chi connectivity index (χ2n) is 4.81. The molecular weight excluding hydrogens is 305 g/mol. The fourth-order valence-electron chi connectivity index (χ4n) is 2.37. The van der Waals surface area contributed by atoms with Gasteiger partial charge in [-0.05, 0) is 26.3 Å². The molecule has 19 heavy (non-hydrogen) atoms. The Morgan fingerprint density at radius 3 is 2.21 bits per heavy atom. The van der Waals surface area contributed by atoms with E-state index in [9.17, 15) is 0 Å². The zero-order chi connectivity index (χ0) is 12.6. The first kappa shape index (κ1) is 18.5. The van der Waals surface area contributed by atoms with Gasteiger partial charge in [0.15, 0.2) is 0 Å². The molecule has 0 amide bonds. The van der Waals surface area contributed by atoms with Gasteiger partial charge < -0.3 is 7.43 Å². The van der Waals surface area contributed by atoms with Gasteiger partial charge in [-0.1, -0.05) is 47.4 Å². The maximum Gasteiger partial charge on any atom is 0 e. The van der Waals surface area contributed by atoms with Crippen LogP contribution in [0, 0.1) is 34.3 Å². The molecule has 0 aliphatic heterocycles. The Balaban J connectivity index is 0.00000162. The van der Waals surface area contributed by atoms with Crippen LogP contribution in [0.15, 0.2) is 24.3 Å². The summed E-state index contributed by atoms with van der Waals surface area (Å²) in [6.07, 6.45) is 3.26. The van der Waals surface area contributed by atoms with Crippen LogP contribution in [0.2, 0.25) is 0 Å². The van der Waals surface area contributed by atoms with E-state index in [1.807, 2.05) is 6.92 Å². The Morgan fingerprint density at radius 1 is 1.00 bits per heavy atom. The first-order chi connectivity index (χ1) is 8.04. The summed E-state index contributed by atoms with van der Waals surface area (Å²) in [5.41, 5.74) is 9.31. The van der Waals surface area contributed by atoms with Crippen LogP contribution >= 0.6 is 0 Å². The summed E-state index contributed by atoms with van der Waals surface area (Å²) in [6.45, 7) is 10.6. The standard InChI is InChI=1S/C17H19.CH3.Y/c1-6-12(3)16-10-14(5)15-9-11(2)7-8-13(4)17(15)16;;/h7-10H,1-5H3;1H3;/q2*-1;. The Labute approximate surface area is 143 Å². The number of hydrogen-bond donors (Lipinski definition) is 0. The summed E-state index contributed by atoms with van der Waals surface area (Å²) in [6, 6.07) is 8.96. The number of allylic oxidation sites excluding steroid dienone is 2. The van der Waals surface area contributed by atoms with Crippen molar-refractivity contribution >= 4 is 5.57 Å². The maximum atomic E-state index is 3.26. The second kappa shape index (κ2) is 7.36. The van der Waals surface area contributed by atoms with Crippen molar-refractivity contribution in [1.29, 1.82) is 0 Å². The van der Waals surface area contributed by atoms with Crippen molar-refractivity contribution in [3.8, 4) is 11.1 Å². The van der Waals surface area contributed by atoms with Gasteiger partial charge in [-0.25, -0.2) is 5.57 Å². The van der Waals surface area contributed by atoms with E-state index >= 15 is 0 Å². The summed E-state index contributed by atoms with van der Waals surface area (Å²) in [7, 11) is 0. The van der Waals surface area contributed by atoms with Crippen LogP contribution in [-0.4, -0.2) is 0 Å². The average Bonchev–Trinajstić information content (AvgIpc) is 2.54. The molecular formula is C18H22Y-2. The van der Waals surface area contributed by atoms with E-state index in [0.29, 0.717) is 0 Å². The molecule has 0 atom stereocenters. The minimum Gasteiger partial charge on any atom is -0.358 e. The van der Waals surface area contributed by atoms with Gasteiger partial charge in [0.1, 0.15) is 0 Å². The molecule has 2 aliphatic carbocycles. The molecule has 0 aromatic carbocycles. The number of fused-ring (bicyclic) bond motifs is 1. The molecule has 0 saturated heterocycles. The predicted octanol–water partition coefficient (Wildman–Crippen LogP) is 5.39. The second-order valence-corrected chi connectivity index (χ2v) is 4.81. The molecule has 1 heteroatoms. The minimum absolute atomic E-state index is 0. The summed E-state index contributed by atoms with van der Waals surface area (Å²) in [4.78, 5) is 0. The Kier molecular flexibility index (Phi) is 7.18. The molecule has 0 saturated carbocycles. The van der Waals surface area contributed by atoms with Crippen molar-refractivity contribution in [3.05, 3.63) is 60.0 Å². The summed E-state index contributed by atoms with van der Waals surface area (Å²) in [5, 5.41) is 0. The minimum atomic E-state index is 0. The summed E-state index contributed by atoms with van der Waals surface area (Å²) in [5.74, 6) is 0. The van der Waals surface area contributed by atoms with E-state index in [1.165, 1.54) is 39.0 Å². The smallest absolute Gasteiger partial charge is 0 e. The number of rotatable bonds is 1. The Hall–Kier alpha value is -0.456. The fraction of sp³-hybridized carbons (Fsp3) is 0.278. The molecule has 0 aromatic rings. The number of hydrogen-bond acceptors (Lipinski definition) is 0. The topological polar surface area (TPSA) is 0 Å². The molecule has 0 aromatic heterocycles. The zero-order valence-electron chi connectivity index (χ0n) is 12.9. The van der Waals surface area contributed by atoms with Crippen LogP contribution in [0.4, 0.5) is 0 Å². The average molecular weight is 327 g/mol. The fourth-order valence-corrected chi connectivity index (χ4v) is 2.37. The van der Waals surface area contributed by atoms with Crippen molar-refractivity contribution in [2.45, 2.75) is 34.6 Å². The van der Waals surface area contributed by atoms with Crippen LogP contribution in [0.3, 0.4) is 0 Å². The van der Waals surface area contributed by atoms with Crippen LogP contribution < -0.4 is 0 Å². The van der Waals surface area contributed by atoms with Gasteiger partial charge in [0.05, 0.1) is 0 Å². The van der Waals surface area contributed by atoms with E-state index < -0.39 is 0 Å². The number of aryl methyl sites for hydroxylation is 3. The van der Waals surface area contributed by atoms with Gasteiger partial charge in [0.25, 0.3) is 0 Å². The van der Waals surface area contributed by atoms with Crippen molar-refractivity contribution in [1.82, 2.24) is 0 Å². The molecule has 0 bridgehead atoms. The van der Waals surface area contributed by atoms with E-state index in [2.05, 4.69) is 58.0 Å². The van der Waals surface area contributed by atoms with Crippen LogP contribution in [0.5, 0.6) is 0 Å². The van der Waals surface area contributed by atoms with E-state index in [0.717, 1.165) is 0 Å². The molecule has 2 rings (SSSR count). The molecule has 0 unspecified atom stereocenters. The summed E-state index contributed by atoms with van der Waals surface area (Å²) >= 11 is 0. The third kappa shape index (κ3) is 3.55. The molecule has 0 nitrogen and oxygen atoms in total. The largest absolute Gasteiger partial charge is 0.358 e. The van der Waals surface area contributed by atoms with E-state index in [1.54, 1.807) is 0 Å². The van der Waals surface area contributed by atoms with Gasteiger partial charge in [0, 0.05) is 32.7 Å². The van der Waals surface area contributed by atoms with E-state index in [4.69, 9.17) is 0 Å². The van der Waals surface area contributed by atoms with Gasteiger partial charge in [-0.3, -0.25) is 6.08 Å². The zero-order valence-corrected chi connectivity index (χ0v) is 15.7. The van der Waals surface area contributed by atoms with Gasteiger partial charge in [0.2, 0.25) is 0 Å². The molecule has 0 spiro atoms. The SMILES string of the molecule is C[C-]=C(C)c1cc(C)c2cc(C)ccc(C)c1-2.[CH3-].[Y]. The van der Waals surface area contributed by atoms with Crippen LogP contribution in [0.1, 0.15) is 36.1 Å². The van der Waals surface area contributed by atoms with Gasteiger partial charge in [-0.2, -0.15) is 5.56 Å². The third-order valence-electron chi connectivity index (χ3n) is 3.47. The van der Waals surface area contributed by atoms with Gasteiger partial charge in [-0.15, -0.1) is 13.0 Å². The van der Waals surface area contributed by atoms with E-state index in [-0.39, 0.29) is 40.1 Å². The third-order valence-corrected chi connectivity index (χ3v) is 3.47. The molecule has 1 radical (unpaired) electrons. The molecule has 99 valence electrons. The molecule has 0 N–H and O–H groups in total. The Morgan fingerprint density at radius 2 is 1.63 bits per heavy atom. The van der Waals surface area contributed by atoms with Crippen LogP contribution in [0.25, 0.3) is 16.7 Å². The first-order valence-electron chi connectivity index (χ1n) is 6.07. The maximum absolute atomic E-state index is 3.26. The summed E-state index contributed by atoms with van der Waals surface area (Å²) < 4.78 is 0. The normalized spacial score (nSPS) is 10.9. The molecule has 0 heterocycles. The van der Waals surface area contributed by atoms with Crippen molar-refractivity contribution in [2.75, 3.05) is 0 Å². The predicted molar refractivity (Wildman–Crippen MR) is 81.7 cm³/mol. The van der Waals surface area contributed by atoms with Crippen LogP contribution in [-0.2, 0) is 32.7 Å². The molecule has 0 fully saturated rings. The monoisotopic (exact) mass is 327 g/mol. The van der Waals surface area contributed by atoms with Crippen molar-refractivity contribution < 1.29 is 32.7 Å². The molecule has 2 aliphatic rings. The Bertz CT molecular complexity index is 565. The first-order valence-corrected chi connectivity index (χ1v) is 6.07. The van der Waals surface area contributed by atoms with Gasteiger partial charge >= 0.3 is 0 Å².